The molecule has 1 saturated carbocycles. The summed E-state index contributed by atoms with van der Waals surface area (Å²) >= 11 is 1.99. The molecule has 0 aromatic heterocycles. The maximum absolute atomic E-state index is 9.09. The van der Waals surface area contributed by atoms with Gasteiger partial charge in [-0.25, -0.2) is 0 Å². The van der Waals surface area contributed by atoms with Crippen molar-refractivity contribution in [1.29, 1.82) is 5.26 Å². The number of nitrogens with one attached hydrogen (secondary N) is 1. The molecule has 0 radical (unpaired) electrons. The first-order valence-corrected chi connectivity index (χ1v) is 8.38. The molecule has 20 heavy (non-hydrogen) atoms. The molecule has 1 aromatic carbocycles. The number of thioether (sulfide) groups is 1. The lowest BCUT2D eigenvalue weighted by Crippen LogP contribution is -2.33. The van der Waals surface area contributed by atoms with Crippen molar-refractivity contribution in [2.24, 2.45) is 0 Å². The van der Waals surface area contributed by atoms with Crippen molar-refractivity contribution in [2.75, 3.05) is 13.4 Å². The molecule has 0 saturated heterocycles. The lowest BCUT2D eigenvalue weighted by molar-refractivity contribution is 0.378. The van der Waals surface area contributed by atoms with Crippen molar-refractivity contribution in [2.45, 2.75) is 43.5 Å². The summed E-state index contributed by atoms with van der Waals surface area (Å²) in [6.45, 7) is 0.827. The molecule has 0 atom stereocenters. The maximum Gasteiger partial charge on any atom is 0.136 e. The molecule has 1 N–H and O–H groups in total. The molecule has 0 heterocycles. The normalized spacial score (nSPS) is 22.2. The van der Waals surface area contributed by atoms with Gasteiger partial charge in [0.1, 0.15) is 11.8 Å². The first-order chi connectivity index (χ1) is 9.76. The van der Waals surface area contributed by atoms with Crippen molar-refractivity contribution in [3.05, 3.63) is 29.3 Å². The third-order valence-electron chi connectivity index (χ3n) is 3.99. The molecular weight excluding hydrogens is 268 g/mol. The molecule has 1 aliphatic rings. The van der Waals surface area contributed by atoms with Crippen LogP contribution in [0.15, 0.2) is 18.2 Å². The van der Waals surface area contributed by atoms with Crippen LogP contribution in [-0.4, -0.2) is 24.7 Å². The topological polar surface area (TPSA) is 45.0 Å². The van der Waals surface area contributed by atoms with Gasteiger partial charge in [-0.2, -0.15) is 17.0 Å². The summed E-state index contributed by atoms with van der Waals surface area (Å²) in [5, 5.41) is 13.6. The minimum Gasteiger partial charge on any atom is -0.495 e. The maximum atomic E-state index is 9.09. The van der Waals surface area contributed by atoms with Crippen LogP contribution in [0.1, 0.15) is 36.8 Å². The van der Waals surface area contributed by atoms with E-state index in [1.807, 2.05) is 30.0 Å². The first kappa shape index (κ1) is 15.2. The summed E-state index contributed by atoms with van der Waals surface area (Å²) < 4.78 is 5.16. The van der Waals surface area contributed by atoms with E-state index in [0.29, 0.717) is 17.4 Å². The number of nitriles is 1. The van der Waals surface area contributed by atoms with E-state index in [4.69, 9.17) is 10.00 Å². The van der Waals surface area contributed by atoms with Gasteiger partial charge in [-0.15, -0.1) is 0 Å². The Hall–Kier alpha value is -1.18. The van der Waals surface area contributed by atoms with Gasteiger partial charge in [-0.3, -0.25) is 0 Å². The van der Waals surface area contributed by atoms with E-state index < -0.39 is 0 Å². The number of rotatable bonds is 5. The first-order valence-electron chi connectivity index (χ1n) is 7.10. The Bertz CT molecular complexity index is 476. The van der Waals surface area contributed by atoms with Crippen LogP contribution in [0.25, 0.3) is 0 Å². The summed E-state index contributed by atoms with van der Waals surface area (Å²) in [6.07, 6.45) is 7.34. The number of methoxy groups -OCH3 is 1. The lowest BCUT2D eigenvalue weighted by atomic mass is 9.95. The second-order valence-electron chi connectivity index (χ2n) is 5.24. The van der Waals surface area contributed by atoms with E-state index in [1.165, 1.54) is 25.7 Å². The lowest BCUT2D eigenvalue weighted by Gasteiger charge is -2.28. The summed E-state index contributed by atoms with van der Waals surface area (Å²) in [7, 11) is 1.60. The van der Waals surface area contributed by atoms with Crippen molar-refractivity contribution in [1.82, 2.24) is 5.32 Å². The second-order valence-corrected chi connectivity index (χ2v) is 6.37. The van der Waals surface area contributed by atoms with Gasteiger partial charge in [-0.1, -0.05) is 6.07 Å². The fraction of sp³-hybridized carbons (Fsp3) is 0.562. The van der Waals surface area contributed by atoms with Gasteiger partial charge >= 0.3 is 0 Å². The Morgan fingerprint density at radius 3 is 2.70 bits per heavy atom. The second kappa shape index (κ2) is 7.56. The van der Waals surface area contributed by atoms with Gasteiger partial charge < -0.3 is 10.1 Å². The quantitative estimate of drug-likeness (QED) is 0.903. The average molecular weight is 290 g/mol. The van der Waals surface area contributed by atoms with Crippen LogP contribution in [0.3, 0.4) is 0 Å². The zero-order valence-corrected chi connectivity index (χ0v) is 13.0. The summed E-state index contributed by atoms with van der Waals surface area (Å²) in [5.41, 5.74) is 1.76. The predicted molar refractivity (Wildman–Crippen MR) is 84.1 cm³/mol. The van der Waals surface area contributed by atoms with Gasteiger partial charge in [0.2, 0.25) is 0 Å². The smallest absolute Gasteiger partial charge is 0.136 e. The molecule has 1 aromatic rings. The minimum absolute atomic E-state index is 0.609. The summed E-state index contributed by atoms with van der Waals surface area (Å²) in [5.74, 6) is 0.650. The zero-order valence-electron chi connectivity index (χ0n) is 12.2. The molecule has 4 heteroatoms. The Morgan fingerprint density at radius 1 is 1.35 bits per heavy atom. The Kier molecular flexibility index (Phi) is 5.75. The Balaban J connectivity index is 1.87. The van der Waals surface area contributed by atoms with Crippen LogP contribution in [0.4, 0.5) is 0 Å². The van der Waals surface area contributed by atoms with E-state index in [1.54, 1.807) is 7.11 Å². The summed E-state index contributed by atoms with van der Waals surface area (Å²) in [4.78, 5) is 0. The van der Waals surface area contributed by atoms with E-state index in [-0.39, 0.29) is 0 Å². The van der Waals surface area contributed by atoms with Gasteiger partial charge in [0.15, 0.2) is 0 Å². The largest absolute Gasteiger partial charge is 0.495 e. The van der Waals surface area contributed by atoms with Gasteiger partial charge in [-0.05, 0) is 49.6 Å². The van der Waals surface area contributed by atoms with Crippen molar-refractivity contribution in [3.63, 3.8) is 0 Å². The fourth-order valence-electron chi connectivity index (χ4n) is 2.72. The average Bonchev–Trinajstić information content (AvgIpc) is 2.53. The van der Waals surface area contributed by atoms with Crippen LogP contribution >= 0.6 is 11.8 Å². The highest BCUT2D eigenvalue weighted by Crippen LogP contribution is 2.27. The SMILES string of the molecule is COc1ccc(CNC2CCC(SC)CC2)cc1C#N. The monoisotopic (exact) mass is 290 g/mol. The molecular formula is C16H22N2OS. The third-order valence-corrected chi connectivity index (χ3v) is 5.12. The predicted octanol–water partition coefficient (Wildman–Crippen LogP) is 3.33. The zero-order chi connectivity index (χ0) is 14.4. The van der Waals surface area contributed by atoms with Crippen LogP contribution in [0.5, 0.6) is 5.75 Å². The molecule has 0 amide bonds. The molecule has 0 unspecified atom stereocenters. The standard InChI is InChI=1S/C16H22N2OS/c1-19-16-8-3-12(9-13(16)10-17)11-18-14-4-6-15(20-2)7-5-14/h3,8-9,14-15,18H,4-7,11H2,1-2H3. The molecule has 0 aliphatic heterocycles. The number of benzene rings is 1. The van der Waals surface area contributed by atoms with Crippen molar-refractivity contribution in [3.8, 4) is 11.8 Å². The number of hydrogen-bond donors (Lipinski definition) is 1. The highest BCUT2D eigenvalue weighted by molar-refractivity contribution is 7.99. The van der Waals surface area contributed by atoms with Gasteiger partial charge in [0.25, 0.3) is 0 Å². The van der Waals surface area contributed by atoms with Gasteiger partial charge in [0, 0.05) is 17.8 Å². The number of nitrogens with zero attached hydrogens (tertiary/aromatic N) is 1. The highest BCUT2D eigenvalue weighted by atomic mass is 32.2. The number of hydrogen-bond acceptors (Lipinski definition) is 4. The minimum atomic E-state index is 0.609. The van der Waals surface area contributed by atoms with Gasteiger partial charge in [0.05, 0.1) is 12.7 Å². The molecule has 0 spiro atoms. The molecule has 3 nitrogen and oxygen atoms in total. The molecule has 1 fully saturated rings. The van der Waals surface area contributed by atoms with Crippen molar-refractivity contribution >= 4 is 11.8 Å². The van der Waals surface area contributed by atoms with Crippen LogP contribution < -0.4 is 10.1 Å². The van der Waals surface area contributed by atoms with E-state index >= 15 is 0 Å². The van der Waals surface area contributed by atoms with Crippen LogP contribution in [0, 0.1) is 11.3 Å². The Morgan fingerprint density at radius 2 is 2.10 bits per heavy atom. The molecule has 0 bridgehead atoms. The van der Waals surface area contributed by atoms with Crippen LogP contribution in [-0.2, 0) is 6.54 Å². The molecule has 108 valence electrons. The summed E-state index contributed by atoms with van der Waals surface area (Å²) in [6, 6.07) is 8.62. The highest BCUT2D eigenvalue weighted by Gasteiger charge is 2.19. The van der Waals surface area contributed by atoms with E-state index in [9.17, 15) is 0 Å². The fourth-order valence-corrected chi connectivity index (χ4v) is 3.46. The number of ether oxygens (including phenoxy) is 1. The van der Waals surface area contributed by atoms with E-state index in [2.05, 4.69) is 17.6 Å². The van der Waals surface area contributed by atoms with Crippen LogP contribution in [0.2, 0.25) is 0 Å². The van der Waals surface area contributed by atoms with E-state index in [0.717, 1.165) is 17.4 Å². The molecule has 2 rings (SSSR count). The Labute approximate surface area is 125 Å². The van der Waals surface area contributed by atoms with Crippen molar-refractivity contribution < 1.29 is 4.74 Å². The molecule has 1 aliphatic carbocycles. The third kappa shape index (κ3) is 3.91.